The van der Waals surface area contributed by atoms with Crippen molar-refractivity contribution in [3.8, 4) is 0 Å². The van der Waals surface area contributed by atoms with E-state index in [1.165, 1.54) is 6.42 Å². The molecule has 1 aromatic heterocycles. The molecule has 1 aliphatic rings. The highest BCUT2D eigenvalue weighted by Crippen LogP contribution is 2.23. The van der Waals surface area contributed by atoms with E-state index in [2.05, 4.69) is 24.1 Å². The third-order valence-electron chi connectivity index (χ3n) is 2.82. The van der Waals surface area contributed by atoms with Crippen LogP contribution in [0.25, 0.3) is 0 Å². The van der Waals surface area contributed by atoms with E-state index >= 15 is 0 Å². The van der Waals surface area contributed by atoms with Crippen LogP contribution >= 0.6 is 11.3 Å². The molecule has 1 N–H and O–H groups in total. The highest BCUT2D eigenvalue weighted by atomic mass is 32.1. The summed E-state index contributed by atoms with van der Waals surface area (Å²) >= 11 is 1.71. The van der Waals surface area contributed by atoms with Crippen LogP contribution in [0.3, 0.4) is 0 Å². The summed E-state index contributed by atoms with van der Waals surface area (Å²) in [4.78, 5) is 4.36. The number of thiazole rings is 1. The van der Waals surface area contributed by atoms with E-state index in [1.807, 2.05) is 11.6 Å². The fourth-order valence-corrected chi connectivity index (χ4v) is 2.49. The molecule has 2 heterocycles. The Kier molecular flexibility index (Phi) is 3.38. The van der Waals surface area contributed by atoms with E-state index in [9.17, 15) is 0 Å². The van der Waals surface area contributed by atoms with Gasteiger partial charge in [0, 0.05) is 24.7 Å². The highest BCUT2D eigenvalue weighted by Gasteiger charge is 2.25. The number of nitrogens with zero attached hydrogens (tertiary/aromatic N) is 1. The fraction of sp³-hybridized carbons (Fsp3) is 0.727. The lowest BCUT2D eigenvalue weighted by atomic mass is 10.0. The van der Waals surface area contributed by atoms with E-state index in [0.717, 1.165) is 24.8 Å². The number of nitrogens with one attached hydrogen (secondary N) is 1. The first-order chi connectivity index (χ1) is 7.18. The van der Waals surface area contributed by atoms with Crippen molar-refractivity contribution in [2.45, 2.75) is 25.8 Å². The van der Waals surface area contributed by atoms with Crippen molar-refractivity contribution < 1.29 is 4.74 Å². The van der Waals surface area contributed by atoms with E-state index < -0.39 is 0 Å². The predicted octanol–water partition coefficient (Wildman–Crippen LogP) is 2.00. The minimum absolute atomic E-state index is 0.0171. The zero-order chi connectivity index (χ0) is 10.7. The molecule has 2 rings (SSSR count). The Labute approximate surface area is 94.9 Å². The molecule has 84 valence electrons. The Morgan fingerprint density at radius 2 is 2.53 bits per heavy atom. The summed E-state index contributed by atoms with van der Waals surface area (Å²) < 4.78 is 5.36. The number of aromatic nitrogens is 1. The van der Waals surface area contributed by atoms with Gasteiger partial charge in [0.15, 0.2) is 0 Å². The van der Waals surface area contributed by atoms with Crippen LogP contribution in [0.4, 0.5) is 0 Å². The molecule has 1 aliphatic heterocycles. The summed E-state index contributed by atoms with van der Waals surface area (Å²) in [5.74, 6) is 0.671. The molecule has 3 nitrogen and oxygen atoms in total. The van der Waals surface area contributed by atoms with Gasteiger partial charge >= 0.3 is 0 Å². The molecule has 0 bridgehead atoms. The largest absolute Gasteiger partial charge is 0.381 e. The molecule has 1 atom stereocenters. The lowest BCUT2D eigenvalue weighted by Crippen LogP contribution is -2.39. The first kappa shape index (κ1) is 11.0. The fourth-order valence-electron chi connectivity index (χ4n) is 1.75. The summed E-state index contributed by atoms with van der Waals surface area (Å²) in [5.41, 5.74) is -0.0171. The number of hydrogen-bond acceptors (Lipinski definition) is 4. The second-order valence-electron chi connectivity index (χ2n) is 4.57. The minimum Gasteiger partial charge on any atom is -0.381 e. The van der Waals surface area contributed by atoms with Crippen LogP contribution in [0.2, 0.25) is 0 Å². The van der Waals surface area contributed by atoms with Gasteiger partial charge in [0.25, 0.3) is 0 Å². The molecular formula is C11H18N2OS. The van der Waals surface area contributed by atoms with E-state index in [-0.39, 0.29) is 5.54 Å². The Morgan fingerprint density at radius 1 is 1.67 bits per heavy atom. The maximum absolute atomic E-state index is 5.36. The number of rotatable bonds is 4. The minimum atomic E-state index is -0.0171. The van der Waals surface area contributed by atoms with Crippen molar-refractivity contribution in [2.75, 3.05) is 19.8 Å². The van der Waals surface area contributed by atoms with E-state index in [0.29, 0.717) is 5.92 Å². The number of hydrogen-bond donors (Lipinski definition) is 1. The lowest BCUT2D eigenvalue weighted by Gasteiger charge is -2.25. The van der Waals surface area contributed by atoms with Gasteiger partial charge in [-0.25, -0.2) is 4.98 Å². The topological polar surface area (TPSA) is 34.1 Å². The van der Waals surface area contributed by atoms with Gasteiger partial charge in [0.05, 0.1) is 12.1 Å². The molecular weight excluding hydrogens is 208 g/mol. The van der Waals surface area contributed by atoms with Gasteiger partial charge in [0.2, 0.25) is 0 Å². The van der Waals surface area contributed by atoms with Crippen molar-refractivity contribution in [1.29, 1.82) is 0 Å². The molecule has 0 aromatic carbocycles. The monoisotopic (exact) mass is 226 g/mol. The van der Waals surface area contributed by atoms with Crippen LogP contribution in [0, 0.1) is 5.92 Å². The maximum Gasteiger partial charge on any atom is 0.112 e. The third-order valence-corrected chi connectivity index (χ3v) is 3.92. The zero-order valence-corrected chi connectivity index (χ0v) is 10.1. The molecule has 1 saturated heterocycles. The Balaban J connectivity index is 1.87. The average Bonchev–Trinajstić information content (AvgIpc) is 2.88. The molecule has 0 radical (unpaired) electrons. The Morgan fingerprint density at radius 3 is 3.13 bits per heavy atom. The van der Waals surface area contributed by atoms with Crippen LogP contribution in [-0.4, -0.2) is 24.7 Å². The first-order valence-electron chi connectivity index (χ1n) is 5.41. The molecule has 1 unspecified atom stereocenters. The SMILES string of the molecule is CC(C)(NCC1CCOC1)c1nccs1. The van der Waals surface area contributed by atoms with Crippen molar-refractivity contribution in [3.05, 3.63) is 16.6 Å². The van der Waals surface area contributed by atoms with Crippen LogP contribution in [0.1, 0.15) is 25.3 Å². The molecule has 0 spiro atoms. The molecule has 1 aromatic rings. The summed E-state index contributed by atoms with van der Waals surface area (Å²) in [7, 11) is 0. The quantitative estimate of drug-likeness (QED) is 0.852. The van der Waals surface area contributed by atoms with Crippen molar-refractivity contribution >= 4 is 11.3 Å². The first-order valence-corrected chi connectivity index (χ1v) is 6.29. The van der Waals surface area contributed by atoms with E-state index in [1.54, 1.807) is 11.3 Å². The van der Waals surface area contributed by atoms with Crippen molar-refractivity contribution in [3.63, 3.8) is 0 Å². The predicted molar refractivity (Wildman–Crippen MR) is 62.1 cm³/mol. The molecule has 1 fully saturated rings. The van der Waals surface area contributed by atoms with Crippen molar-refractivity contribution in [1.82, 2.24) is 10.3 Å². The zero-order valence-electron chi connectivity index (χ0n) is 9.32. The van der Waals surface area contributed by atoms with Crippen LogP contribution in [-0.2, 0) is 10.3 Å². The second-order valence-corrected chi connectivity index (χ2v) is 5.47. The Hall–Kier alpha value is -0.450. The summed E-state index contributed by atoms with van der Waals surface area (Å²) in [5, 5.41) is 6.75. The van der Waals surface area contributed by atoms with Gasteiger partial charge in [-0.1, -0.05) is 0 Å². The van der Waals surface area contributed by atoms with E-state index in [4.69, 9.17) is 4.74 Å². The molecule has 0 amide bonds. The number of ether oxygens (including phenoxy) is 1. The Bertz CT molecular complexity index is 292. The van der Waals surface area contributed by atoms with Gasteiger partial charge in [-0.15, -0.1) is 11.3 Å². The third kappa shape index (κ3) is 2.77. The maximum atomic E-state index is 5.36. The summed E-state index contributed by atoms with van der Waals surface area (Å²) in [6, 6.07) is 0. The van der Waals surface area contributed by atoms with Gasteiger partial charge in [-0.2, -0.15) is 0 Å². The average molecular weight is 226 g/mol. The van der Waals surface area contributed by atoms with Gasteiger partial charge in [-0.3, -0.25) is 0 Å². The molecule has 15 heavy (non-hydrogen) atoms. The molecule has 0 saturated carbocycles. The van der Waals surface area contributed by atoms with Gasteiger partial charge in [0.1, 0.15) is 5.01 Å². The van der Waals surface area contributed by atoms with Crippen molar-refractivity contribution in [2.24, 2.45) is 5.92 Å². The van der Waals surface area contributed by atoms with Crippen LogP contribution in [0.15, 0.2) is 11.6 Å². The second kappa shape index (κ2) is 4.60. The smallest absolute Gasteiger partial charge is 0.112 e. The normalized spacial score (nSPS) is 22.1. The molecule has 4 heteroatoms. The van der Waals surface area contributed by atoms with Gasteiger partial charge in [-0.05, 0) is 26.2 Å². The summed E-state index contributed by atoms with van der Waals surface area (Å²) in [6.45, 7) is 7.21. The highest BCUT2D eigenvalue weighted by molar-refractivity contribution is 7.09. The molecule has 0 aliphatic carbocycles. The standard InChI is InChI=1S/C11H18N2OS/c1-11(2,10-12-4-6-15-10)13-7-9-3-5-14-8-9/h4,6,9,13H,3,5,7-8H2,1-2H3. The van der Waals surface area contributed by atoms with Gasteiger partial charge < -0.3 is 10.1 Å². The van der Waals surface area contributed by atoms with Crippen LogP contribution < -0.4 is 5.32 Å². The van der Waals surface area contributed by atoms with Crippen LogP contribution in [0.5, 0.6) is 0 Å². The summed E-state index contributed by atoms with van der Waals surface area (Å²) in [6.07, 6.45) is 3.04. The lowest BCUT2D eigenvalue weighted by molar-refractivity contribution is 0.183.